The Kier molecular flexibility index (Phi) is 4.77. The highest BCUT2D eigenvalue weighted by Gasteiger charge is 3.01. The first-order valence-electron chi connectivity index (χ1n) is 6.11. The molecule has 1 saturated carbocycles. The minimum absolute atomic E-state index is 0.276. The smallest absolute Gasteiger partial charge is 0.230 e. The summed E-state index contributed by atoms with van der Waals surface area (Å²) in [4.78, 5) is 0. The highest BCUT2D eigenvalue weighted by atomic mass is 127. The van der Waals surface area contributed by atoms with Crippen molar-refractivity contribution < 1.29 is 48.3 Å². The van der Waals surface area contributed by atoms with Crippen molar-refractivity contribution in [2.24, 2.45) is 5.92 Å². The number of rotatable bonds is 3. The second kappa shape index (κ2) is 5.23. The second-order valence-corrected chi connectivity index (χ2v) is 6.90. The summed E-state index contributed by atoms with van der Waals surface area (Å²) in [5.74, 6) is -37.4. The largest absolute Gasteiger partial charge is 0.384 e. The topological polar surface area (TPSA) is 0 Å². The highest BCUT2D eigenvalue weighted by molar-refractivity contribution is 14.1. The molecule has 1 fully saturated rings. The fraction of sp³-hybridized carbons (Fsp3) is 1.00. The van der Waals surface area contributed by atoms with Crippen LogP contribution < -0.4 is 0 Å². The molecular weight excluding hydrogens is 468 g/mol. The molecule has 1 aliphatic rings. The van der Waals surface area contributed by atoms with E-state index < -0.39 is 45.1 Å². The summed E-state index contributed by atoms with van der Waals surface area (Å²) in [6.45, 7) is 1.44. The van der Waals surface area contributed by atoms with Crippen LogP contribution in [0.15, 0.2) is 0 Å². The van der Waals surface area contributed by atoms with Gasteiger partial charge in [-0.3, -0.25) is 0 Å². The molecule has 138 valence electrons. The molecule has 0 aromatic carbocycles. The number of alkyl halides is 12. The Morgan fingerprint density at radius 3 is 1.17 bits per heavy atom. The average Bonchev–Trinajstić information content (AvgIpc) is 2.42. The molecule has 0 aromatic heterocycles. The van der Waals surface area contributed by atoms with Crippen molar-refractivity contribution >= 4 is 22.6 Å². The quantitative estimate of drug-likeness (QED) is 0.276. The summed E-state index contributed by atoms with van der Waals surface area (Å²) in [7, 11) is 0. The molecule has 0 amide bonds. The van der Waals surface area contributed by atoms with Gasteiger partial charge in [0.1, 0.15) is 0 Å². The van der Waals surface area contributed by atoms with E-state index in [-0.39, 0.29) is 13.3 Å². The van der Waals surface area contributed by atoms with Crippen molar-refractivity contribution in [2.75, 3.05) is 0 Å². The molecule has 23 heavy (non-hydrogen) atoms. The van der Waals surface area contributed by atoms with Crippen LogP contribution in [0.25, 0.3) is 0 Å². The molecule has 0 bridgehead atoms. The van der Waals surface area contributed by atoms with Gasteiger partial charge in [-0.2, -0.15) is 43.9 Å². The van der Waals surface area contributed by atoms with Crippen molar-refractivity contribution in [3.8, 4) is 0 Å². The third-order valence-electron chi connectivity index (χ3n) is 4.05. The van der Waals surface area contributed by atoms with Crippen LogP contribution >= 0.6 is 22.6 Å². The first-order valence-corrected chi connectivity index (χ1v) is 7.36. The van der Waals surface area contributed by atoms with Crippen LogP contribution in [0, 0.1) is 5.92 Å². The lowest BCUT2D eigenvalue weighted by molar-refractivity contribution is -0.490. The van der Waals surface area contributed by atoms with Gasteiger partial charge in [0.15, 0.2) is 0 Å². The Balaban J connectivity index is 3.82. The van der Waals surface area contributed by atoms with Crippen molar-refractivity contribution in [1.29, 1.82) is 0 Å². The van der Waals surface area contributed by atoms with E-state index in [0.29, 0.717) is 0 Å². The van der Waals surface area contributed by atoms with Crippen molar-refractivity contribution in [3.63, 3.8) is 0 Å². The molecule has 0 nitrogen and oxygen atoms in total. The molecule has 0 heterocycles. The van der Waals surface area contributed by atoms with Crippen LogP contribution in [0.2, 0.25) is 0 Å². The van der Waals surface area contributed by atoms with E-state index in [1.54, 1.807) is 0 Å². The molecule has 0 saturated heterocycles. The summed E-state index contributed by atoms with van der Waals surface area (Å²) < 4.78 is 147. The molecule has 1 rings (SSSR count). The lowest BCUT2D eigenvalue weighted by Crippen LogP contribution is -2.85. The molecule has 0 radical (unpaired) electrons. The fourth-order valence-corrected chi connectivity index (χ4v) is 2.92. The van der Waals surface area contributed by atoms with Crippen LogP contribution in [0.3, 0.4) is 0 Å². The van der Waals surface area contributed by atoms with Gasteiger partial charge in [0.2, 0.25) is 0 Å². The molecular formula is C11H10F11I. The highest BCUT2D eigenvalue weighted by Crippen LogP contribution is 2.71. The van der Waals surface area contributed by atoms with Gasteiger partial charge >= 0.3 is 29.6 Å². The van der Waals surface area contributed by atoms with Gasteiger partial charge in [-0.1, -0.05) is 36.4 Å². The third kappa shape index (κ3) is 2.01. The SMILES string of the molecule is CCC(I)C(C)C1(F)C(F)(F)C(F)(F)C(F)(F)C(F)(F)C1(F)F. The van der Waals surface area contributed by atoms with Crippen LogP contribution in [0.1, 0.15) is 20.3 Å². The van der Waals surface area contributed by atoms with Gasteiger partial charge < -0.3 is 0 Å². The van der Waals surface area contributed by atoms with Crippen LogP contribution in [0.5, 0.6) is 0 Å². The van der Waals surface area contributed by atoms with Gasteiger partial charge in [0.05, 0.1) is 0 Å². The average molecular weight is 478 g/mol. The minimum atomic E-state index is -7.14. The first kappa shape index (κ1) is 21.0. The van der Waals surface area contributed by atoms with Gasteiger partial charge in [0.25, 0.3) is 5.67 Å². The molecule has 0 N–H and O–H groups in total. The summed E-state index contributed by atoms with van der Waals surface area (Å²) in [6.07, 6.45) is -0.326. The fourth-order valence-electron chi connectivity index (χ4n) is 2.42. The number of halogens is 12. The van der Waals surface area contributed by atoms with E-state index in [9.17, 15) is 48.3 Å². The summed E-state index contributed by atoms with van der Waals surface area (Å²) in [5.41, 5.74) is -5.88. The van der Waals surface area contributed by atoms with Crippen molar-refractivity contribution in [3.05, 3.63) is 0 Å². The van der Waals surface area contributed by atoms with Crippen LogP contribution in [-0.2, 0) is 0 Å². The number of hydrogen-bond donors (Lipinski definition) is 0. The van der Waals surface area contributed by atoms with Gasteiger partial charge in [-0.15, -0.1) is 0 Å². The zero-order valence-corrected chi connectivity index (χ0v) is 13.6. The molecule has 0 aliphatic heterocycles. The zero-order chi connectivity index (χ0) is 18.9. The Morgan fingerprint density at radius 2 is 0.913 bits per heavy atom. The zero-order valence-electron chi connectivity index (χ0n) is 11.4. The predicted molar refractivity (Wildman–Crippen MR) is 65.8 cm³/mol. The van der Waals surface area contributed by atoms with Crippen molar-refractivity contribution in [2.45, 2.75) is 59.5 Å². The maximum Gasteiger partial charge on any atom is 0.384 e. The molecule has 0 aromatic rings. The minimum Gasteiger partial charge on any atom is -0.230 e. The molecule has 2 unspecified atom stereocenters. The standard InChI is InChI=1S/C11H10F11I/c1-3-5(23)4(2)6(12)7(13,14)9(17,18)11(21,22)10(19,20)8(6,15)16/h4-5H,3H2,1-2H3. The number of hydrogen-bond acceptors (Lipinski definition) is 0. The van der Waals surface area contributed by atoms with E-state index in [4.69, 9.17) is 0 Å². The molecule has 1 aliphatic carbocycles. The van der Waals surface area contributed by atoms with Gasteiger partial charge in [0, 0.05) is 9.84 Å². The Bertz CT molecular complexity index is 443. The summed E-state index contributed by atoms with van der Waals surface area (Å²) >= 11 is 1.13. The van der Waals surface area contributed by atoms with E-state index in [0.717, 1.165) is 22.6 Å². The summed E-state index contributed by atoms with van der Waals surface area (Å²) in [6, 6.07) is 0. The van der Waals surface area contributed by atoms with Crippen LogP contribution in [0.4, 0.5) is 48.3 Å². The van der Waals surface area contributed by atoms with Crippen LogP contribution in [-0.4, -0.2) is 39.2 Å². The van der Waals surface area contributed by atoms with E-state index in [1.807, 2.05) is 0 Å². The molecule has 0 spiro atoms. The Morgan fingerprint density at radius 1 is 0.652 bits per heavy atom. The van der Waals surface area contributed by atoms with Gasteiger partial charge in [-0.05, 0) is 6.42 Å². The van der Waals surface area contributed by atoms with E-state index in [2.05, 4.69) is 0 Å². The van der Waals surface area contributed by atoms with Crippen molar-refractivity contribution in [1.82, 2.24) is 0 Å². The molecule has 12 heteroatoms. The lowest BCUT2D eigenvalue weighted by Gasteiger charge is -2.54. The second-order valence-electron chi connectivity index (χ2n) is 5.30. The van der Waals surface area contributed by atoms with E-state index in [1.165, 1.54) is 6.92 Å². The van der Waals surface area contributed by atoms with Gasteiger partial charge in [-0.25, -0.2) is 4.39 Å². The normalized spacial score (nSPS) is 32.1. The predicted octanol–water partition coefficient (Wildman–Crippen LogP) is 5.73. The Hall–Kier alpha value is -0.0400. The Labute approximate surface area is 136 Å². The monoisotopic (exact) mass is 478 g/mol. The summed E-state index contributed by atoms with van der Waals surface area (Å²) in [5, 5.41) is 0. The maximum atomic E-state index is 14.5. The third-order valence-corrected chi connectivity index (χ3v) is 6.01. The molecule has 2 atom stereocenters. The maximum absolute atomic E-state index is 14.5. The van der Waals surface area contributed by atoms with E-state index >= 15 is 0 Å². The first-order chi connectivity index (χ1) is 9.89. The lowest BCUT2D eigenvalue weighted by atomic mass is 9.66.